The van der Waals surface area contributed by atoms with E-state index in [-0.39, 0.29) is 34.7 Å². The number of fused-ring (bicyclic) bond motifs is 1. The molecule has 0 unspecified atom stereocenters. The van der Waals surface area contributed by atoms with Crippen molar-refractivity contribution in [2.45, 2.75) is 64.3 Å². The number of anilines is 3. The van der Waals surface area contributed by atoms with E-state index in [0.717, 1.165) is 22.8 Å². The van der Waals surface area contributed by atoms with Gasteiger partial charge in [0.15, 0.2) is 11.5 Å². The van der Waals surface area contributed by atoms with Gasteiger partial charge in [-0.2, -0.15) is 0 Å². The number of ketones is 1. The zero-order valence-electron chi connectivity index (χ0n) is 33.3. The fourth-order valence-corrected chi connectivity index (χ4v) is 6.88. The number of hydrogen-bond donors (Lipinski definition) is 5. The van der Waals surface area contributed by atoms with E-state index in [0.29, 0.717) is 65.3 Å². The first-order valence-corrected chi connectivity index (χ1v) is 20.5. The number of pyridine rings is 1. The van der Waals surface area contributed by atoms with Gasteiger partial charge in [0.1, 0.15) is 23.3 Å². The fourth-order valence-electron chi connectivity index (χ4n) is 6.33. The molecule has 15 heteroatoms. The van der Waals surface area contributed by atoms with Gasteiger partial charge in [-0.25, -0.2) is 13.2 Å². The molecule has 0 aliphatic rings. The van der Waals surface area contributed by atoms with Crippen LogP contribution < -0.4 is 35.3 Å². The second kappa shape index (κ2) is 18.4. The minimum Gasteiger partial charge on any atom is -0.496 e. The molecule has 0 bridgehead atoms. The molecule has 14 nitrogen and oxygen atoms in total. The number of carboxylic acid groups (broad SMARTS) is 1. The molecule has 1 aromatic heterocycles. The first-order chi connectivity index (χ1) is 27.4. The number of nitrogens with zero attached hydrogens (tertiary/aromatic N) is 1. The van der Waals surface area contributed by atoms with Gasteiger partial charge in [-0.05, 0) is 71.8 Å². The lowest BCUT2D eigenvalue weighted by atomic mass is 9.86. The molecule has 0 radical (unpaired) electrons. The van der Waals surface area contributed by atoms with E-state index in [1.165, 1.54) is 14.2 Å². The molecule has 58 heavy (non-hydrogen) atoms. The van der Waals surface area contributed by atoms with E-state index in [2.05, 4.69) is 20.3 Å². The fraction of sp³-hybridized carbons (Fsp3) is 0.302. The summed E-state index contributed by atoms with van der Waals surface area (Å²) >= 11 is 0. The van der Waals surface area contributed by atoms with E-state index in [1.54, 1.807) is 48.7 Å². The topological polar surface area (TPSA) is 208 Å². The molecule has 0 saturated carbocycles. The van der Waals surface area contributed by atoms with Gasteiger partial charge in [0.2, 0.25) is 10.0 Å². The Kier molecular flexibility index (Phi) is 13.6. The number of hydrogen-bond acceptors (Lipinski definition) is 10. The predicted molar refractivity (Wildman–Crippen MR) is 225 cm³/mol. The first kappa shape index (κ1) is 42.9. The summed E-state index contributed by atoms with van der Waals surface area (Å²) in [4.78, 5) is 41.9. The van der Waals surface area contributed by atoms with Crippen LogP contribution in [0.1, 0.15) is 73.6 Å². The van der Waals surface area contributed by atoms with Crippen LogP contribution in [0.25, 0.3) is 10.8 Å². The van der Waals surface area contributed by atoms with Crippen LogP contribution in [0.2, 0.25) is 0 Å². The number of methoxy groups -OCH3 is 2. The summed E-state index contributed by atoms with van der Waals surface area (Å²) in [6.07, 6.45) is 4.72. The van der Waals surface area contributed by atoms with Crippen molar-refractivity contribution in [3.05, 3.63) is 107 Å². The van der Waals surface area contributed by atoms with Crippen molar-refractivity contribution in [2.75, 3.05) is 35.8 Å². The smallest absolute Gasteiger partial charge is 0.323 e. The van der Waals surface area contributed by atoms with Crippen LogP contribution in [0.4, 0.5) is 21.9 Å². The van der Waals surface area contributed by atoms with Gasteiger partial charge >= 0.3 is 12.0 Å². The molecule has 0 saturated heterocycles. The minimum atomic E-state index is -3.65. The molecule has 0 aliphatic carbocycles. The molecule has 5 aromatic rings. The molecule has 4 aromatic carbocycles. The molecular weight excluding hydrogens is 763 g/mol. The van der Waals surface area contributed by atoms with Gasteiger partial charge in [-0.1, -0.05) is 57.5 Å². The number of ether oxygens (including phenoxy) is 3. The van der Waals surface area contributed by atoms with Gasteiger partial charge in [-0.15, -0.1) is 0 Å². The Morgan fingerprint density at radius 1 is 0.845 bits per heavy atom. The van der Waals surface area contributed by atoms with Gasteiger partial charge in [0.25, 0.3) is 0 Å². The summed E-state index contributed by atoms with van der Waals surface area (Å²) in [6, 6.07) is 21.9. The number of aromatic nitrogens is 1. The van der Waals surface area contributed by atoms with E-state index in [4.69, 9.17) is 25.1 Å². The zero-order chi connectivity index (χ0) is 42.2. The van der Waals surface area contributed by atoms with Crippen LogP contribution >= 0.6 is 0 Å². The van der Waals surface area contributed by atoms with E-state index < -0.39 is 28.1 Å². The predicted octanol–water partition coefficient (Wildman–Crippen LogP) is 8.10. The second-order valence-corrected chi connectivity index (χ2v) is 16.6. The third kappa shape index (κ3) is 11.2. The third-order valence-corrected chi connectivity index (χ3v) is 9.88. The Balaban J connectivity index is 1.30. The number of unbranched alkanes of at least 4 members (excludes halogenated alkanes) is 1. The van der Waals surface area contributed by atoms with Gasteiger partial charge in [0.05, 0.1) is 43.1 Å². The minimum absolute atomic E-state index is 0.0981. The second-order valence-electron chi connectivity index (χ2n) is 14.9. The van der Waals surface area contributed by atoms with Gasteiger partial charge in [-0.3, -0.25) is 19.3 Å². The monoisotopic (exact) mass is 811 g/mol. The molecule has 2 amide bonds. The summed E-state index contributed by atoms with van der Waals surface area (Å²) in [7, 11) is -0.746. The van der Waals surface area contributed by atoms with Crippen molar-refractivity contribution in [1.82, 2.24) is 4.98 Å². The lowest BCUT2D eigenvalue weighted by Crippen LogP contribution is -2.29. The largest absolute Gasteiger partial charge is 0.496 e. The normalized spacial score (nSPS) is 12.1. The average Bonchev–Trinajstić information content (AvgIpc) is 3.16. The summed E-state index contributed by atoms with van der Waals surface area (Å²) in [5.74, 6) is 0.537. The van der Waals surface area contributed by atoms with E-state index in [1.807, 2.05) is 57.2 Å². The van der Waals surface area contributed by atoms with Crippen LogP contribution in [0, 0.1) is 0 Å². The van der Waals surface area contributed by atoms with Gasteiger partial charge < -0.3 is 35.7 Å². The van der Waals surface area contributed by atoms with Crippen molar-refractivity contribution in [2.24, 2.45) is 5.73 Å². The molecule has 1 atom stereocenters. The Hall–Kier alpha value is -6.19. The highest BCUT2D eigenvalue weighted by Crippen LogP contribution is 2.40. The lowest BCUT2D eigenvalue weighted by Gasteiger charge is -2.24. The number of nitrogens with two attached hydrogens (primary N) is 1. The molecule has 6 N–H and O–H groups in total. The Bertz CT molecular complexity index is 2430. The highest BCUT2D eigenvalue weighted by Gasteiger charge is 2.23. The van der Waals surface area contributed by atoms with Crippen LogP contribution in [0.3, 0.4) is 0 Å². The average molecular weight is 812 g/mol. The molecule has 1 heterocycles. The SMILES string of the molecule is COc1cc(Cc2cc(Oc3ccc(NC(=O)Nc4cc(C(C)(C)C)cc(NS(C)(=O)=O)c4OC)c4ccccc34)ccn2)ccc1C(=O)CCCC[C@H](N)C(=O)O. The van der Waals surface area contributed by atoms with Crippen molar-refractivity contribution in [1.29, 1.82) is 0 Å². The van der Waals surface area contributed by atoms with Crippen LogP contribution in [-0.4, -0.2) is 62.8 Å². The number of nitrogens with one attached hydrogen (secondary N) is 3. The Labute approximate surface area is 338 Å². The number of carbonyl (C=O) groups is 3. The summed E-state index contributed by atoms with van der Waals surface area (Å²) < 4.78 is 44.3. The maximum Gasteiger partial charge on any atom is 0.323 e. The number of rotatable bonds is 17. The highest BCUT2D eigenvalue weighted by molar-refractivity contribution is 7.92. The number of Topliss-reactive ketones (excluding diaryl/α,β-unsaturated/α-hetero) is 1. The molecule has 0 spiro atoms. The number of carbonyl (C=O) groups excluding carboxylic acids is 2. The van der Waals surface area contributed by atoms with Crippen LogP contribution in [-0.2, 0) is 26.7 Å². The van der Waals surface area contributed by atoms with E-state index in [9.17, 15) is 22.8 Å². The number of amides is 2. The summed E-state index contributed by atoms with van der Waals surface area (Å²) in [5.41, 5.74) is 9.00. The Morgan fingerprint density at radius 2 is 1.55 bits per heavy atom. The molecule has 0 fully saturated rings. The maximum atomic E-state index is 13.5. The van der Waals surface area contributed by atoms with Crippen molar-refractivity contribution in [3.8, 4) is 23.0 Å². The third-order valence-electron chi connectivity index (χ3n) is 9.29. The Morgan fingerprint density at radius 3 is 2.22 bits per heavy atom. The molecule has 306 valence electrons. The molecular formula is C43H49N5O9S. The van der Waals surface area contributed by atoms with Crippen molar-refractivity contribution in [3.63, 3.8) is 0 Å². The van der Waals surface area contributed by atoms with Crippen molar-refractivity contribution >= 4 is 55.6 Å². The maximum absolute atomic E-state index is 13.5. The lowest BCUT2D eigenvalue weighted by molar-refractivity contribution is -0.138. The van der Waals surface area contributed by atoms with Crippen LogP contribution in [0.5, 0.6) is 23.0 Å². The molecule has 0 aliphatic heterocycles. The number of sulfonamides is 1. The number of aliphatic carboxylic acids is 1. The van der Waals surface area contributed by atoms with Gasteiger partial charge in [0, 0.05) is 41.6 Å². The highest BCUT2D eigenvalue weighted by atomic mass is 32.2. The molecule has 5 rings (SSSR count). The van der Waals surface area contributed by atoms with E-state index >= 15 is 0 Å². The number of benzene rings is 4. The summed E-state index contributed by atoms with van der Waals surface area (Å²) in [6.45, 7) is 5.93. The standard InChI is InChI=1S/C43H49N5O9S/c1-43(2,3)27-23-35(40(56-5)36(24-27)48-58(6,53)54)47-42(52)46-34-17-18-38(31-12-8-7-11-30(31)34)57-29-19-20-45-28(25-29)21-26-15-16-32(39(22-26)55-4)37(49)14-10-9-13-33(44)41(50)51/h7-8,11-12,15-20,22-25,33,48H,9-10,13-14,21,44H2,1-6H3,(H,50,51)(H2,46,47,52)/t33-/m0/s1. The summed E-state index contributed by atoms with van der Waals surface area (Å²) in [5, 5.41) is 16.2. The van der Waals surface area contributed by atoms with Crippen molar-refractivity contribution < 1.29 is 42.1 Å². The van der Waals surface area contributed by atoms with Crippen LogP contribution in [0.15, 0.2) is 85.1 Å². The number of carboxylic acids is 1. The quantitative estimate of drug-likeness (QED) is 0.0448. The zero-order valence-corrected chi connectivity index (χ0v) is 34.2. The number of urea groups is 1. The first-order valence-electron chi connectivity index (χ1n) is 18.6.